The predicted octanol–water partition coefficient (Wildman–Crippen LogP) is 3.18. The highest BCUT2D eigenvalue weighted by atomic mass is 32.1. The van der Waals surface area contributed by atoms with Crippen molar-refractivity contribution in [1.29, 1.82) is 0 Å². The monoisotopic (exact) mass is 286 g/mol. The van der Waals surface area contributed by atoms with Crippen molar-refractivity contribution in [1.82, 2.24) is 9.88 Å². The fraction of sp³-hybridized carbons (Fsp3) is 0.438. The Kier molecular flexibility index (Phi) is 3.20. The molecule has 0 radical (unpaired) electrons. The lowest BCUT2D eigenvalue weighted by Crippen LogP contribution is -2.35. The average molecular weight is 286 g/mol. The number of fused-ring (bicyclic) bond motifs is 2. The minimum absolute atomic E-state index is 0.346. The van der Waals surface area contributed by atoms with Crippen molar-refractivity contribution in [2.45, 2.75) is 31.5 Å². The SMILES string of the molecule is c1cncc(OC2C3CCC2N(Cc2cccs2)C3)c1. The van der Waals surface area contributed by atoms with E-state index in [0.29, 0.717) is 18.1 Å². The summed E-state index contributed by atoms with van der Waals surface area (Å²) in [6.07, 6.45) is 6.53. The molecule has 1 saturated carbocycles. The van der Waals surface area contributed by atoms with Gasteiger partial charge >= 0.3 is 0 Å². The Balaban J connectivity index is 1.47. The molecule has 3 heterocycles. The lowest BCUT2D eigenvalue weighted by molar-refractivity contribution is 0.141. The zero-order valence-corrected chi connectivity index (χ0v) is 12.1. The number of aromatic nitrogens is 1. The second kappa shape index (κ2) is 5.19. The molecule has 0 aromatic carbocycles. The van der Waals surface area contributed by atoms with E-state index < -0.39 is 0 Å². The third kappa shape index (κ3) is 2.23. The van der Waals surface area contributed by atoms with Crippen LogP contribution < -0.4 is 4.74 Å². The molecule has 2 fully saturated rings. The summed E-state index contributed by atoms with van der Waals surface area (Å²) in [6, 6.07) is 8.89. The predicted molar refractivity (Wildman–Crippen MR) is 79.9 cm³/mol. The van der Waals surface area contributed by atoms with Gasteiger partial charge in [0.15, 0.2) is 0 Å². The molecular weight excluding hydrogens is 268 g/mol. The Bertz CT molecular complexity index is 557. The highest BCUT2D eigenvalue weighted by Gasteiger charge is 2.48. The zero-order valence-electron chi connectivity index (χ0n) is 11.3. The van der Waals surface area contributed by atoms with Crippen LogP contribution in [-0.4, -0.2) is 28.6 Å². The van der Waals surface area contributed by atoms with Crippen LogP contribution in [0.5, 0.6) is 5.75 Å². The second-order valence-electron chi connectivity index (χ2n) is 5.68. The number of likely N-dealkylation sites (tertiary alicyclic amines) is 1. The van der Waals surface area contributed by atoms with Crippen LogP contribution in [-0.2, 0) is 6.54 Å². The third-order valence-electron chi connectivity index (χ3n) is 4.46. The van der Waals surface area contributed by atoms with Crippen LogP contribution >= 0.6 is 11.3 Å². The van der Waals surface area contributed by atoms with Crippen LogP contribution in [0.15, 0.2) is 42.0 Å². The van der Waals surface area contributed by atoms with Crippen LogP contribution in [0.1, 0.15) is 17.7 Å². The van der Waals surface area contributed by atoms with Crippen molar-refractivity contribution in [2.75, 3.05) is 6.54 Å². The number of rotatable bonds is 4. The summed E-state index contributed by atoms with van der Waals surface area (Å²) >= 11 is 1.85. The van der Waals surface area contributed by atoms with Gasteiger partial charge in [-0.15, -0.1) is 11.3 Å². The molecule has 3 nitrogen and oxygen atoms in total. The molecule has 0 amide bonds. The first-order valence-electron chi connectivity index (χ1n) is 7.23. The van der Waals surface area contributed by atoms with Gasteiger partial charge in [0, 0.05) is 36.1 Å². The average Bonchev–Trinajstić information content (AvgIpc) is 3.18. The van der Waals surface area contributed by atoms with Crippen LogP contribution in [0.25, 0.3) is 0 Å². The Morgan fingerprint density at radius 3 is 3.10 bits per heavy atom. The smallest absolute Gasteiger partial charge is 0.138 e. The van der Waals surface area contributed by atoms with Gasteiger partial charge in [0.25, 0.3) is 0 Å². The quantitative estimate of drug-likeness (QED) is 0.863. The standard InChI is InChI=1S/C16H18N2OS/c1-3-13(9-17-7-1)19-16-12-5-6-15(16)18(10-12)11-14-4-2-8-20-14/h1-4,7-9,12,15-16H,5-6,10-11H2. The summed E-state index contributed by atoms with van der Waals surface area (Å²) in [5, 5.41) is 2.16. The number of pyridine rings is 1. The number of thiophene rings is 1. The van der Waals surface area contributed by atoms with Gasteiger partial charge in [0.1, 0.15) is 11.9 Å². The van der Waals surface area contributed by atoms with Crippen LogP contribution in [0.2, 0.25) is 0 Å². The molecule has 3 atom stereocenters. The highest BCUT2D eigenvalue weighted by molar-refractivity contribution is 7.09. The van der Waals surface area contributed by atoms with Gasteiger partial charge in [0.2, 0.25) is 0 Å². The van der Waals surface area contributed by atoms with Gasteiger partial charge in [-0.2, -0.15) is 0 Å². The fourth-order valence-corrected chi connectivity index (χ4v) is 4.31. The van der Waals surface area contributed by atoms with Crippen LogP contribution in [0.3, 0.4) is 0 Å². The maximum atomic E-state index is 6.21. The molecule has 4 heteroatoms. The number of hydrogen-bond acceptors (Lipinski definition) is 4. The number of nitrogens with zero attached hydrogens (tertiary/aromatic N) is 2. The Morgan fingerprint density at radius 1 is 1.30 bits per heavy atom. The molecule has 20 heavy (non-hydrogen) atoms. The maximum Gasteiger partial charge on any atom is 0.138 e. The van der Waals surface area contributed by atoms with E-state index in [4.69, 9.17) is 4.74 Å². The molecule has 104 valence electrons. The van der Waals surface area contributed by atoms with Gasteiger partial charge in [-0.25, -0.2) is 0 Å². The lowest BCUT2D eigenvalue weighted by atomic mass is 10.1. The van der Waals surface area contributed by atoms with E-state index in [2.05, 4.69) is 27.4 Å². The van der Waals surface area contributed by atoms with Crippen molar-refractivity contribution < 1.29 is 4.74 Å². The zero-order chi connectivity index (χ0) is 13.4. The van der Waals surface area contributed by atoms with Crippen LogP contribution in [0, 0.1) is 5.92 Å². The number of piperidine rings is 1. The Morgan fingerprint density at radius 2 is 2.30 bits per heavy atom. The second-order valence-corrected chi connectivity index (χ2v) is 6.72. The highest BCUT2D eigenvalue weighted by Crippen LogP contribution is 2.41. The van der Waals surface area contributed by atoms with Crippen molar-refractivity contribution in [2.24, 2.45) is 5.92 Å². The molecule has 2 bridgehead atoms. The van der Waals surface area contributed by atoms with E-state index in [1.807, 2.05) is 29.7 Å². The van der Waals surface area contributed by atoms with Gasteiger partial charge in [-0.3, -0.25) is 9.88 Å². The largest absolute Gasteiger partial charge is 0.487 e. The summed E-state index contributed by atoms with van der Waals surface area (Å²) in [5.41, 5.74) is 0. The van der Waals surface area contributed by atoms with Crippen molar-refractivity contribution in [3.63, 3.8) is 0 Å². The maximum absolute atomic E-state index is 6.21. The summed E-state index contributed by atoms with van der Waals surface area (Å²) < 4.78 is 6.21. The molecule has 0 spiro atoms. The third-order valence-corrected chi connectivity index (χ3v) is 5.32. The van der Waals surface area contributed by atoms with E-state index in [9.17, 15) is 0 Å². The molecule has 1 aliphatic carbocycles. The van der Waals surface area contributed by atoms with E-state index in [1.165, 1.54) is 24.3 Å². The summed E-state index contributed by atoms with van der Waals surface area (Å²) in [7, 11) is 0. The first-order chi connectivity index (χ1) is 9.90. The van der Waals surface area contributed by atoms with Gasteiger partial charge in [0.05, 0.1) is 6.20 Å². The molecule has 3 unspecified atom stereocenters. The molecule has 2 aromatic heterocycles. The first-order valence-corrected chi connectivity index (χ1v) is 8.11. The molecule has 2 aromatic rings. The summed E-state index contributed by atoms with van der Waals surface area (Å²) in [5.74, 6) is 1.59. The van der Waals surface area contributed by atoms with Crippen molar-refractivity contribution in [3.8, 4) is 5.75 Å². The normalized spacial score (nSPS) is 28.9. The Hall–Kier alpha value is -1.39. The van der Waals surface area contributed by atoms with Gasteiger partial charge in [-0.1, -0.05) is 6.07 Å². The van der Waals surface area contributed by atoms with E-state index in [-0.39, 0.29) is 0 Å². The molecule has 4 rings (SSSR count). The molecule has 0 N–H and O–H groups in total. The Labute approximate surface area is 123 Å². The minimum Gasteiger partial charge on any atom is -0.487 e. The molecule has 1 aliphatic heterocycles. The number of ether oxygens (including phenoxy) is 1. The van der Waals surface area contributed by atoms with E-state index in [0.717, 1.165) is 12.3 Å². The lowest BCUT2D eigenvalue weighted by Gasteiger charge is -2.26. The van der Waals surface area contributed by atoms with Gasteiger partial charge < -0.3 is 4.74 Å². The van der Waals surface area contributed by atoms with Gasteiger partial charge in [-0.05, 0) is 36.4 Å². The minimum atomic E-state index is 0.346. The molecular formula is C16H18N2OS. The molecule has 2 aliphatic rings. The van der Waals surface area contributed by atoms with Crippen molar-refractivity contribution >= 4 is 11.3 Å². The topological polar surface area (TPSA) is 25.4 Å². The fourth-order valence-electron chi connectivity index (χ4n) is 3.58. The van der Waals surface area contributed by atoms with E-state index in [1.54, 1.807) is 6.20 Å². The van der Waals surface area contributed by atoms with Crippen molar-refractivity contribution in [3.05, 3.63) is 46.9 Å². The number of hydrogen-bond donors (Lipinski definition) is 0. The molecule has 1 saturated heterocycles. The first kappa shape index (κ1) is 12.4. The summed E-state index contributed by atoms with van der Waals surface area (Å²) in [6.45, 7) is 2.25. The summed E-state index contributed by atoms with van der Waals surface area (Å²) in [4.78, 5) is 8.19. The van der Waals surface area contributed by atoms with E-state index >= 15 is 0 Å². The van der Waals surface area contributed by atoms with Crippen LogP contribution in [0.4, 0.5) is 0 Å².